The Labute approximate surface area is 178 Å². The molecule has 0 spiro atoms. The van der Waals surface area contributed by atoms with Gasteiger partial charge in [-0.15, -0.1) is 11.3 Å². The minimum absolute atomic E-state index is 0.105. The van der Waals surface area contributed by atoms with E-state index < -0.39 is 0 Å². The molecule has 0 fully saturated rings. The summed E-state index contributed by atoms with van der Waals surface area (Å²) in [6.45, 7) is 2.00. The zero-order valence-corrected chi connectivity index (χ0v) is 17.3. The lowest BCUT2D eigenvalue weighted by molar-refractivity contribution is 0.0965. The van der Waals surface area contributed by atoms with E-state index in [2.05, 4.69) is 21.7 Å². The summed E-state index contributed by atoms with van der Waals surface area (Å²) < 4.78 is 0.737. The lowest BCUT2D eigenvalue weighted by Gasteiger charge is -2.09. The number of anilines is 3. The number of nitriles is 1. The van der Waals surface area contributed by atoms with Gasteiger partial charge in [-0.05, 0) is 30.2 Å². The van der Waals surface area contributed by atoms with Gasteiger partial charge in [0.2, 0.25) is 0 Å². The zero-order chi connectivity index (χ0) is 21.3. The second-order valence-electron chi connectivity index (χ2n) is 6.78. The smallest absolute Gasteiger partial charge is 0.256 e. The number of fused-ring (bicyclic) bond motifs is 1. The molecule has 0 bridgehead atoms. The normalized spacial score (nSPS) is 10.6. The van der Waals surface area contributed by atoms with Crippen LogP contribution in [0.4, 0.5) is 16.5 Å². The second-order valence-corrected chi connectivity index (χ2v) is 7.80. The van der Waals surface area contributed by atoms with Crippen molar-refractivity contribution in [1.29, 1.82) is 5.26 Å². The number of hydrogen-bond donors (Lipinski definition) is 3. The number of rotatable bonds is 4. The van der Waals surface area contributed by atoms with Gasteiger partial charge in [0.25, 0.3) is 5.91 Å². The van der Waals surface area contributed by atoms with Crippen molar-refractivity contribution in [2.75, 3.05) is 18.1 Å². The van der Waals surface area contributed by atoms with Crippen LogP contribution in [0.15, 0.2) is 54.6 Å². The van der Waals surface area contributed by atoms with Crippen LogP contribution in [-0.2, 0) is 0 Å². The largest absolute Gasteiger partial charge is 0.383 e. The molecule has 2 aromatic carbocycles. The summed E-state index contributed by atoms with van der Waals surface area (Å²) in [6.07, 6.45) is 0. The van der Waals surface area contributed by atoms with Crippen LogP contribution in [-0.4, -0.2) is 17.9 Å². The summed E-state index contributed by atoms with van der Waals surface area (Å²) in [5.41, 5.74) is 10.8. The Morgan fingerprint density at radius 1 is 1.17 bits per heavy atom. The topological polar surface area (TPSA) is 104 Å². The van der Waals surface area contributed by atoms with E-state index in [9.17, 15) is 10.1 Å². The first-order chi connectivity index (χ1) is 14.5. The highest BCUT2D eigenvalue weighted by molar-refractivity contribution is 7.24. The van der Waals surface area contributed by atoms with Crippen LogP contribution in [0.1, 0.15) is 21.5 Å². The van der Waals surface area contributed by atoms with Gasteiger partial charge >= 0.3 is 0 Å². The van der Waals surface area contributed by atoms with E-state index in [1.54, 1.807) is 7.05 Å². The van der Waals surface area contributed by atoms with Crippen LogP contribution >= 0.6 is 11.3 Å². The van der Waals surface area contributed by atoms with E-state index in [1.807, 2.05) is 61.5 Å². The Morgan fingerprint density at radius 2 is 1.93 bits per heavy atom. The molecular formula is C23H19N5OS. The summed E-state index contributed by atoms with van der Waals surface area (Å²) in [6, 6.07) is 19.6. The number of hydrogen-bond acceptors (Lipinski definition) is 6. The summed E-state index contributed by atoms with van der Waals surface area (Å²) >= 11 is 1.39. The van der Waals surface area contributed by atoms with Crippen molar-refractivity contribution in [2.24, 2.45) is 0 Å². The van der Waals surface area contributed by atoms with Crippen molar-refractivity contribution in [3.63, 3.8) is 0 Å². The minimum atomic E-state index is -0.271. The molecule has 4 N–H and O–H groups in total. The van der Waals surface area contributed by atoms with E-state index in [0.717, 1.165) is 21.5 Å². The number of benzene rings is 2. The van der Waals surface area contributed by atoms with Crippen LogP contribution < -0.4 is 16.4 Å². The Morgan fingerprint density at radius 3 is 2.60 bits per heavy atom. The molecule has 0 aliphatic rings. The van der Waals surface area contributed by atoms with Crippen molar-refractivity contribution < 1.29 is 4.79 Å². The fourth-order valence-electron chi connectivity index (χ4n) is 3.39. The van der Waals surface area contributed by atoms with Gasteiger partial charge in [-0.25, -0.2) is 4.98 Å². The third kappa shape index (κ3) is 3.34. The minimum Gasteiger partial charge on any atom is -0.383 e. The molecule has 7 heteroatoms. The summed E-state index contributed by atoms with van der Waals surface area (Å²) in [5.74, 6) is -0.166. The molecule has 0 saturated carbocycles. The SMILES string of the molecule is CNC(=O)c1c(Nc2cccc(C)c2)sc2c(-c3ccccc3)c(C#N)c(N)nc12. The number of carbonyl (C=O) groups is 1. The standard InChI is InChI=1S/C23H19N5OS/c1-13-7-6-10-15(11-13)27-23-18(22(29)26-2)19-20(30-23)17(14-8-4-3-5-9-14)16(12-24)21(25)28-19/h3-11,27H,1-2H3,(H2,25,28)(H,26,29). The van der Waals surface area contributed by atoms with E-state index in [4.69, 9.17) is 5.73 Å². The van der Waals surface area contributed by atoms with Crippen molar-refractivity contribution in [2.45, 2.75) is 6.92 Å². The molecule has 6 nitrogen and oxygen atoms in total. The maximum atomic E-state index is 12.8. The predicted octanol–water partition coefficient (Wildman–Crippen LogP) is 4.83. The van der Waals surface area contributed by atoms with Gasteiger partial charge in [0.15, 0.2) is 0 Å². The first kappa shape index (κ1) is 19.4. The van der Waals surface area contributed by atoms with Crippen LogP contribution in [0.3, 0.4) is 0 Å². The fraction of sp³-hybridized carbons (Fsp3) is 0.0870. The Hall–Kier alpha value is -3.89. The second kappa shape index (κ2) is 7.85. The molecule has 0 unspecified atom stereocenters. The van der Waals surface area contributed by atoms with Crippen LogP contribution in [0, 0.1) is 18.3 Å². The van der Waals surface area contributed by atoms with Crippen LogP contribution in [0.5, 0.6) is 0 Å². The molecule has 4 aromatic rings. The van der Waals surface area contributed by atoms with E-state index in [-0.39, 0.29) is 11.7 Å². The highest BCUT2D eigenvalue weighted by Crippen LogP contribution is 2.44. The number of amides is 1. The average molecular weight is 414 g/mol. The molecule has 148 valence electrons. The van der Waals surface area contributed by atoms with Crippen molar-refractivity contribution >= 4 is 44.0 Å². The number of aromatic nitrogens is 1. The number of pyridine rings is 1. The van der Waals surface area contributed by atoms with E-state index in [0.29, 0.717) is 27.2 Å². The fourth-order valence-corrected chi connectivity index (χ4v) is 4.62. The molecule has 0 atom stereocenters. The highest BCUT2D eigenvalue weighted by atomic mass is 32.1. The first-order valence-electron chi connectivity index (χ1n) is 9.30. The third-order valence-electron chi connectivity index (χ3n) is 4.75. The van der Waals surface area contributed by atoms with Crippen molar-refractivity contribution in [1.82, 2.24) is 10.3 Å². The van der Waals surface area contributed by atoms with Gasteiger partial charge in [-0.2, -0.15) is 5.26 Å². The quantitative estimate of drug-likeness (QED) is 0.445. The van der Waals surface area contributed by atoms with Gasteiger partial charge in [-0.1, -0.05) is 42.5 Å². The molecule has 2 aromatic heterocycles. The monoisotopic (exact) mass is 413 g/mol. The van der Waals surface area contributed by atoms with Gasteiger partial charge in [0, 0.05) is 18.3 Å². The predicted molar refractivity (Wildman–Crippen MR) is 122 cm³/mol. The molecule has 30 heavy (non-hydrogen) atoms. The average Bonchev–Trinajstić information content (AvgIpc) is 3.09. The van der Waals surface area contributed by atoms with Gasteiger partial charge in [-0.3, -0.25) is 4.79 Å². The van der Waals surface area contributed by atoms with Gasteiger partial charge < -0.3 is 16.4 Å². The third-order valence-corrected chi connectivity index (χ3v) is 5.86. The summed E-state index contributed by atoms with van der Waals surface area (Å²) in [4.78, 5) is 17.2. The number of nitrogens with zero attached hydrogens (tertiary/aromatic N) is 2. The Bertz CT molecular complexity index is 1300. The molecule has 0 radical (unpaired) electrons. The molecule has 0 saturated heterocycles. The molecule has 0 aliphatic carbocycles. The van der Waals surface area contributed by atoms with Gasteiger partial charge in [0.1, 0.15) is 28.0 Å². The number of nitrogens with two attached hydrogens (primary N) is 1. The number of nitrogen functional groups attached to an aromatic ring is 1. The zero-order valence-electron chi connectivity index (χ0n) is 16.5. The maximum Gasteiger partial charge on any atom is 0.256 e. The lowest BCUT2D eigenvalue weighted by Crippen LogP contribution is -2.18. The number of aryl methyl sites for hydroxylation is 1. The Kier molecular flexibility index (Phi) is 5.09. The number of thiophene rings is 1. The van der Waals surface area contributed by atoms with Crippen LogP contribution in [0.2, 0.25) is 0 Å². The molecular weight excluding hydrogens is 394 g/mol. The summed E-state index contributed by atoms with van der Waals surface area (Å²) in [5, 5.41) is 16.4. The van der Waals surface area contributed by atoms with Crippen molar-refractivity contribution in [3.8, 4) is 17.2 Å². The van der Waals surface area contributed by atoms with E-state index in [1.165, 1.54) is 11.3 Å². The maximum absolute atomic E-state index is 12.8. The molecule has 2 heterocycles. The van der Waals surface area contributed by atoms with Crippen molar-refractivity contribution in [3.05, 3.63) is 71.3 Å². The number of nitrogens with one attached hydrogen (secondary N) is 2. The van der Waals surface area contributed by atoms with E-state index >= 15 is 0 Å². The summed E-state index contributed by atoms with van der Waals surface area (Å²) in [7, 11) is 1.58. The number of carbonyl (C=O) groups excluding carboxylic acids is 1. The van der Waals surface area contributed by atoms with Crippen LogP contribution in [0.25, 0.3) is 21.3 Å². The molecule has 4 rings (SSSR count). The molecule has 0 aliphatic heterocycles. The lowest BCUT2D eigenvalue weighted by atomic mass is 10.00. The first-order valence-corrected chi connectivity index (χ1v) is 10.1. The highest BCUT2D eigenvalue weighted by Gasteiger charge is 2.25. The molecule has 1 amide bonds. The Balaban J connectivity index is 2.04. The van der Waals surface area contributed by atoms with Gasteiger partial charge in [0.05, 0.1) is 10.2 Å².